The molecule has 0 saturated heterocycles. The van der Waals surface area contributed by atoms with Gasteiger partial charge >= 0.3 is 11.7 Å². The predicted octanol–water partition coefficient (Wildman–Crippen LogP) is 2.93. The number of nitrogens with zero attached hydrogens (tertiary/aromatic N) is 2. The molecule has 1 heterocycles. The monoisotopic (exact) mass is 292 g/mol. The second-order valence-electron chi connectivity index (χ2n) is 4.05. The molecule has 0 aliphatic heterocycles. The van der Waals surface area contributed by atoms with E-state index in [9.17, 15) is 19.3 Å². The summed E-state index contributed by atoms with van der Waals surface area (Å²) < 4.78 is 18.7. The number of aromatic nitrogens is 1. The van der Waals surface area contributed by atoms with Gasteiger partial charge in [0.1, 0.15) is 17.1 Å². The zero-order valence-corrected chi connectivity index (χ0v) is 10.7. The van der Waals surface area contributed by atoms with Crippen molar-refractivity contribution in [3.05, 3.63) is 57.5 Å². The van der Waals surface area contributed by atoms with E-state index >= 15 is 0 Å². The third-order valence-corrected chi connectivity index (χ3v) is 2.57. The average Bonchev–Trinajstić information content (AvgIpc) is 2.37. The van der Waals surface area contributed by atoms with Crippen molar-refractivity contribution >= 4 is 11.7 Å². The summed E-state index contributed by atoms with van der Waals surface area (Å²) in [6.45, 7) is 1.58. The van der Waals surface area contributed by atoms with E-state index < -0.39 is 33.8 Å². The number of aromatic carboxylic acids is 1. The minimum atomic E-state index is -1.54. The Kier molecular flexibility index (Phi) is 3.79. The molecular weight excluding hydrogens is 283 g/mol. The van der Waals surface area contributed by atoms with Crippen LogP contribution in [0, 0.1) is 22.9 Å². The first kappa shape index (κ1) is 14.4. The van der Waals surface area contributed by atoms with Crippen molar-refractivity contribution in [1.29, 1.82) is 0 Å². The van der Waals surface area contributed by atoms with Crippen molar-refractivity contribution in [2.24, 2.45) is 0 Å². The second kappa shape index (κ2) is 5.53. The van der Waals surface area contributed by atoms with Crippen LogP contribution >= 0.6 is 0 Å². The first-order chi connectivity index (χ1) is 9.90. The average molecular weight is 292 g/mol. The molecule has 0 spiro atoms. The summed E-state index contributed by atoms with van der Waals surface area (Å²) in [7, 11) is 0. The van der Waals surface area contributed by atoms with Gasteiger partial charge < -0.3 is 9.84 Å². The molecule has 0 unspecified atom stereocenters. The molecule has 0 amide bonds. The molecule has 0 radical (unpaired) electrons. The van der Waals surface area contributed by atoms with Crippen molar-refractivity contribution in [2.75, 3.05) is 0 Å². The van der Waals surface area contributed by atoms with E-state index in [2.05, 4.69) is 4.98 Å². The van der Waals surface area contributed by atoms with Crippen molar-refractivity contribution in [3.63, 3.8) is 0 Å². The highest BCUT2D eigenvalue weighted by molar-refractivity contribution is 5.91. The molecule has 7 nitrogen and oxygen atoms in total. The Balaban J connectivity index is 2.53. The van der Waals surface area contributed by atoms with Gasteiger partial charge in [-0.15, -0.1) is 0 Å². The second-order valence-corrected chi connectivity index (χ2v) is 4.05. The number of carbonyl (C=O) groups is 1. The number of hydrogen-bond acceptors (Lipinski definition) is 5. The minimum Gasteiger partial charge on any atom is -0.477 e. The Morgan fingerprint density at radius 3 is 2.71 bits per heavy atom. The Morgan fingerprint density at radius 1 is 1.38 bits per heavy atom. The topological polar surface area (TPSA) is 103 Å². The smallest absolute Gasteiger partial charge is 0.342 e. The van der Waals surface area contributed by atoms with E-state index in [1.54, 1.807) is 6.92 Å². The van der Waals surface area contributed by atoms with Gasteiger partial charge in [0.25, 0.3) is 5.88 Å². The molecule has 1 N–H and O–H groups in total. The van der Waals surface area contributed by atoms with Gasteiger partial charge in [-0.3, -0.25) is 10.1 Å². The summed E-state index contributed by atoms with van der Waals surface area (Å²) in [5.74, 6) is -3.30. The predicted molar refractivity (Wildman–Crippen MR) is 69.1 cm³/mol. The molecule has 108 valence electrons. The normalized spacial score (nSPS) is 10.2. The molecule has 21 heavy (non-hydrogen) atoms. The third-order valence-electron chi connectivity index (χ3n) is 2.57. The number of halogens is 1. The maximum absolute atomic E-state index is 13.5. The van der Waals surface area contributed by atoms with Crippen LogP contribution in [0.5, 0.6) is 11.6 Å². The number of carboxylic acids is 1. The van der Waals surface area contributed by atoms with E-state index in [0.29, 0.717) is 5.69 Å². The lowest BCUT2D eigenvalue weighted by molar-refractivity contribution is -0.386. The lowest BCUT2D eigenvalue weighted by Gasteiger charge is -2.09. The van der Waals surface area contributed by atoms with Gasteiger partial charge in [-0.1, -0.05) is 6.07 Å². The number of nitro groups is 1. The molecule has 1 aromatic heterocycles. The van der Waals surface area contributed by atoms with Crippen LogP contribution in [0.25, 0.3) is 0 Å². The molecule has 2 rings (SSSR count). The molecule has 0 aliphatic carbocycles. The van der Waals surface area contributed by atoms with Crippen molar-refractivity contribution in [3.8, 4) is 11.6 Å². The zero-order valence-electron chi connectivity index (χ0n) is 10.7. The number of hydrogen-bond donors (Lipinski definition) is 1. The highest BCUT2D eigenvalue weighted by Gasteiger charge is 2.22. The van der Waals surface area contributed by atoms with E-state index in [0.717, 1.165) is 6.07 Å². The largest absolute Gasteiger partial charge is 0.477 e. The molecule has 1 aromatic carbocycles. The molecule has 8 heteroatoms. The number of aryl methyl sites for hydroxylation is 1. The van der Waals surface area contributed by atoms with E-state index in [4.69, 9.17) is 9.84 Å². The quantitative estimate of drug-likeness (QED) is 0.686. The van der Waals surface area contributed by atoms with Gasteiger partial charge in [0.15, 0.2) is 0 Å². The van der Waals surface area contributed by atoms with E-state index in [1.807, 2.05) is 0 Å². The number of rotatable bonds is 4. The Morgan fingerprint density at radius 2 is 2.10 bits per heavy atom. The summed E-state index contributed by atoms with van der Waals surface area (Å²) in [4.78, 5) is 25.1. The molecule has 0 saturated carbocycles. The lowest BCUT2D eigenvalue weighted by Crippen LogP contribution is -2.05. The lowest BCUT2D eigenvalue weighted by atomic mass is 10.2. The number of ether oxygens (including phenoxy) is 1. The Hall–Kier alpha value is -3.03. The maximum atomic E-state index is 13.5. The highest BCUT2D eigenvalue weighted by atomic mass is 19.1. The van der Waals surface area contributed by atoms with Gasteiger partial charge in [-0.05, 0) is 25.1 Å². The third kappa shape index (κ3) is 2.94. The Bertz CT molecular complexity index is 732. The molecule has 0 bridgehead atoms. The van der Waals surface area contributed by atoms with Gasteiger partial charge in [-0.25, -0.2) is 14.2 Å². The highest BCUT2D eigenvalue weighted by Crippen LogP contribution is 2.32. The fourth-order valence-electron chi connectivity index (χ4n) is 1.64. The van der Waals surface area contributed by atoms with Crippen LogP contribution in [-0.4, -0.2) is 21.0 Å². The molecule has 0 fully saturated rings. The molecular formula is C13H9FN2O5. The number of carboxylic acid groups (broad SMARTS) is 1. The molecule has 0 atom stereocenters. The van der Waals surface area contributed by atoms with Crippen LogP contribution < -0.4 is 4.74 Å². The maximum Gasteiger partial charge on any atom is 0.342 e. The molecule has 0 aliphatic rings. The van der Waals surface area contributed by atoms with Crippen LogP contribution in [0.1, 0.15) is 16.1 Å². The van der Waals surface area contributed by atoms with Crippen LogP contribution in [-0.2, 0) is 0 Å². The molecule has 2 aromatic rings. The van der Waals surface area contributed by atoms with Crippen LogP contribution in [0.2, 0.25) is 0 Å². The zero-order chi connectivity index (χ0) is 15.6. The van der Waals surface area contributed by atoms with Crippen molar-refractivity contribution < 1.29 is 24.0 Å². The number of pyridine rings is 1. The van der Waals surface area contributed by atoms with Crippen molar-refractivity contribution in [1.82, 2.24) is 4.98 Å². The van der Waals surface area contributed by atoms with Crippen LogP contribution in [0.4, 0.5) is 10.1 Å². The van der Waals surface area contributed by atoms with E-state index in [1.165, 1.54) is 24.3 Å². The van der Waals surface area contributed by atoms with E-state index in [-0.39, 0.29) is 5.75 Å². The Labute approximate surface area is 117 Å². The van der Waals surface area contributed by atoms with Gasteiger partial charge in [0.2, 0.25) is 0 Å². The minimum absolute atomic E-state index is 0.358. The standard InChI is InChI=1S/C13H9FN2O5/c1-7-5-6-9(16(19)20)12(15-7)21-10-4-2-3-8(14)11(10)13(17)18/h2-6H,1H3,(H,17,18). The van der Waals surface area contributed by atoms with Crippen LogP contribution in [0.15, 0.2) is 30.3 Å². The van der Waals surface area contributed by atoms with Gasteiger partial charge in [0.05, 0.1) is 4.92 Å². The summed E-state index contributed by atoms with van der Waals surface area (Å²) in [6.07, 6.45) is 0. The van der Waals surface area contributed by atoms with Gasteiger partial charge in [0, 0.05) is 11.8 Å². The number of benzene rings is 1. The summed E-state index contributed by atoms with van der Waals surface area (Å²) in [5, 5.41) is 19.9. The fraction of sp³-hybridized carbons (Fsp3) is 0.0769. The van der Waals surface area contributed by atoms with Gasteiger partial charge in [-0.2, -0.15) is 0 Å². The first-order valence-electron chi connectivity index (χ1n) is 5.72. The first-order valence-corrected chi connectivity index (χ1v) is 5.72. The summed E-state index contributed by atoms with van der Waals surface area (Å²) >= 11 is 0. The summed E-state index contributed by atoms with van der Waals surface area (Å²) in [6, 6.07) is 5.97. The summed E-state index contributed by atoms with van der Waals surface area (Å²) in [5.41, 5.74) is -0.722. The fourth-order valence-corrected chi connectivity index (χ4v) is 1.64. The SMILES string of the molecule is Cc1ccc([N+](=O)[O-])c(Oc2cccc(F)c2C(=O)O)n1. The van der Waals surface area contributed by atoms with Crippen LogP contribution in [0.3, 0.4) is 0 Å². The van der Waals surface area contributed by atoms with Crippen molar-refractivity contribution in [2.45, 2.75) is 6.92 Å².